The van der Waals surface area contributed by atoms with Gasteiger partial charge in [0, 0.05) is 7.11 Å². The van der Waals surface area contributed by atoms with E-state index in [2.05, 4.69) is 10.5 Å². The number of para-hydroxylation sites is 1. The molecule has 0 radical (unpaired) electrons. The number of aromatic nitrogens is 1. The van der Waals surface area contributed by atoms with Gasteiger partial charge in [0.15, 0.2) is 4.34 Å². The Morgan fingerprint density at radius 2 is 2.26 bits per heavy atom. The van der Waals surface area contributed by atoms with Gasteiger partial charge in [0.2, 0.25) is 0 Å². The van der Waals surface area contributed by atoms with Crippen LogP contribution in [0.15, 0.2) is 28.6 Å². The van der Waals surface area contributed by atoms with Gasteiger partial charge in [-0.15, -0.1) is 11.3 Å². The smallest absolute Gasteiger partial charge is 0.253 e. The summed E-state index contributed by atoms with van der Waals surface area (Å²) in [5.41, 5.74) is 3.32. The van der Waals surface area contributed by atoms with Crippen molar-refractivity contribution in [2.45, 2.75) is 4.34 Å². The maximum absolute atomic E-state index is 11.5. The Morgan fingerprint density at radius 1 is 1.42 bits per heavy atom. The number of amides is 1. The molecule has 19 heavy (non-hydrogen) atoms. The summed E-state index contributed by atoms with van der Waals surface area (Å²) in [5, 5.41) is 0. The van der Waals surface area contributed by atoms with Crippen LogP contribution in [-0.2, 0) is 14.4 Å². The summed E-state index contributed by atoms with van der Waals surface area (Å²) < 4.78 is 6.81. The van der Waals surface area contributed by atoms with Gasteiger partial charge >= 0.3 is 0 Å². The third-order valence-corrected chi connectivity index (χ3v) is 4.36. The first kappa shape index (κ1) is 14.3. The van der Waals surface area contributed by atoms with E-state index in [9.17, 15) is 4.79 Å². The number of benzene rings is 1. The highest BCUT2D eigenvalue weighted by Crippen LogP contribution is 2.28. The number of nitrogens with zero attached hydrogens (tertiary/aromatic N) is 1. The lowest BCUT2D eigenvalue weighted by Gasteiger charge is -2.03. The maximum atomic E-state index is 11.5. The van der Waals surface area contributed by atoms with Crippen LogP contribution in [-0.4, -0.2) is 37.0 Å². The second kappa shape index (κ2) is 7.44. The van der Waals surface area contributed by atoms with Gasteiger partial charge in [0.05, 0.1) is 29.2 Å². The summed E-state index contributed by atoms with van der Waals surface area (Å²) in [7, 11) is 1.58. The molecule has 1 amide bonds. The Bertz CT molecular complexity index is 512. The molecule has 0 aliphatic heterocycles. The summed E-state index contributed by atoms with van der Waals surface area (Å²) in [4.78, 5) is 20.8. The molecule has 102 valence electrons. The molecule has 1 aromatic carbocycles. The Labute approximate surface area is 119 Å². The van der Waals surface area contributed by atoms with Crippen molar-refractivity contribution in [1.82, 2.24) is 10.5 Å². The van der Waals surface area contributed by atoms with E-state index in [0.29, 0.717) is 13.2 Å². The number of nitrogens with one attached hydrogen (secondary N) is 1. The Morgan fingerprint density at radius 3 is 3.05 bits per heavy atom. The molecule has 0 spiro atoms. The molecule has 1 aromatic heterocycles. The van der Waals surface area contributed by atoms with Crippen molar-refractivity contribution in [3.8, 4) is 0 Å². The number of hydrogen-bond acceptors (Lipinski definition) is 6. The minimum atomic E-state index is -0.180. The Kier molecular flexibility index (Phi) is 5.59. The van der Waals surface area contributed by atoms with E-state index in [1.165, 1.54) is 11.8 Å². The molecule has 0 unspecified atom stereocenters. The fourth-order valence-corrected chi connectivity index (χ4v) is 3.18. The van der Waals surface area contributed by atoms with Gasteiger partial charge in [0.25, 0.3) is 5.91 Å². The van der Waals surface area contributed by atoms with Crippen molar-refractivity contribution in [3.63, 3.8) is 0 Å². The average Bonchev–Trinajstić information content (AvgIpc) is 2.84. The van der Waals surface area contributed by atoms with E-state index in [-0.39, 0.29) is 11.7 Å². The number of fused-ring (bicyclic) bond motifs is 1. The standard InChI is InChI=1S/C12H14N2O3S2/c1-16-6-7-17-14-11(15)8-18-12-13-9-4-2-3-5-10(9)19-12/h2-5H,6-8H2,1H3,(H,14,15). The van der Waals surface area contributed by atoms with Crippen molar-refractivity contribution in [2.75, 3.05) is 26.1 Å². The number of rotatable bonds is 7. The first-order valence-electron chi connectivity index (χ1n) is 5.67. The highest BCUT2D eigenvalue weighted by atomic mass is 32.2. The minimum absolute atomic E-state index is 0.180. The van der Waals surface area contributed by atoms with Crippen LogP contribution >= 0.6 is 23.1 Å². The minimum Gasteiger partial charge on any atom is -0.382 e. The average molecular weight is 298 g/mol. The Hall–Kier alpha value is -1.15. The molecule has 1 N–H and O–H groups in total. The summed E-state index contributed by atoms with van der Waals surface area (Å²) >= 11 is 2.98. The zero-order valence-electron chi connectivity index (χ0n) is 10.4. The van der Waals surface area contributed by atoms with Gasteiger partial charge in [0.1, 0.15) is 0 Å². The maximum Gasteiger partial charge on any atom is 0.253 e. The molecule has 0 saturated heterocycles. The summed E-state index contributed by atoms with van der Waals surface area (Å²) in [6.45, 7) is 0.791. The van der Waals surface area contributed by atoms with E-state index >= 15 is 0 Å². The SMILES string of the molecule is COCCONC(=O)CSc1nc2ccccc2s1. The van der Waals surface area contributed by atoms with Gasteiger partial charge in [-0.3, -0.25) is 9.63 Å². The summed E-state index contributed by atoms with van der Waals surface area (Å²) in [6, 6.07) is 7.91. The molecule has 0 aliphatic carbocycles. The second-order valence-electron chi connectivity index (χ2n) is 3.60. The van der Waals surface area contributed by atoms with Crippen molar-refractivity contribution in [2.24, 2.45) is 0 Å². The number of ether oxygens (including phenoxy) is 1. The zero-order valence-corrected chi connectivity index (χ0v) is 12.1. The first-order chi connectivity index (χ1) is 9.29. The molecule has 0 saturated carbocycles. The number of thioether (sulfide) groups is 1. The Balaban J connectivity index is 1.77. The van der Waals surface area contributed by atoms with Crippen LogP contribution in [0.1, 0.15) is 0 Å². The molecule has 0 bridgehead atoms. The predicted molar refractivity (Wildman–Crippen MR) is 76.3 cm³/mol. The van der Waals surface area contributed by atoms with Crippen molar-refractivity contribution in [3.05, 3.63) is 24.3 Å². The number of hydroxylamine groups is 1. The van der Waals surface area contributed by atoms with Crippen LogP contribution in [0, 0.1) is 0 Å². The van der Waals surface area contributed by atoms with Crippen LogP contribution in [0.2, 0.25) is 0 Å². The van der Waals surface area contributed by atoms with Gasteiger partial charge in [-0.2, -0.15) is 0 Å². The molecule has 7 heteroatoms. The number of hydrogen-bond donors (Lipinski definition) is 1. The van der Waals surface area contributed by atoms with Crippen LogP contribution in [0.3, 0.4) is 0 Å². The van der Waals surface area contributed by atoms with Crippen LogP contribution in [0.4, 0.5) is 0 Å². The highest BCUT2D eigenvalue weighted by Gasteiger charge is 2.07. The lowest BCUT2D eigenvalue weighted by Crippen LogP contribution is -2.26. The first-order valence-corrected chi connectivity index (χ1v) is 7.48. The van der Waals surface area contributed by atoms with Crippen LogP contribution in [0.5, 0.6) is 0 Å². The molecule has 0 atom stereocenters. The predicted octanol–water partition coefficient (Wildman–Crippen LogP) is 2.08. The topological polar surface area (TPSA) is 60.5 Å². The molecule has 0 aliphatic rings. The zero-order chi connectivity index (χ0) is 13.5. The van der Waals surface area contributed by atoms with Crippen molar-refractivity contribution < 1.29 is 14.4 Å². The van der Waals surface area contributed by atoms with E-state index in [1.54, 1.807) is 18.4 Å². The van der Waals surface area contributed by atoms with E-state index in [1.807, 2.05) is 24.3 Å². The largest absolute Gasteiger partial charge is 0.382 e. The number of methoxy groups -OCH3 is 1. The van der Waals surface area contributed by atoms with Gasteiger partial charge in [-0.1, -0.05) is 23.9 Å². The molecule has 2 aromatic rings. The quantitative estimate of drug-likeness (QED) is 0.482. The van der Waals surface area contributed by atoms with Crippen molar-refractivity contribution >= 4 is 39.2 Å². The van der Waals surface area contributed by atoms with Crippen LogP contribution in [0.25, 0.3) is 10.2 Å². The lowest BCUT2D eigenvalue weighted by molar-refractivity contribution is -0.131. The molecular formula is C12H14N2O3S2. The summed E-state index contributed by atoms with van der Waals surface area (Å²) in [6.07, 6.45) is 0. The van der Waals surface area contributed by atoms with Gasteiger partial charge in [-0.05, 0) is 12.1 Å². The monoisotopic (exact) mass is 298 g/mol. The van der Waals surface area contributed by atoms with E-state index in [0.717, 1.165) is 14.6 Å². The fourth-order valence-electron chi connectivity index (χ4n) is 1.33. The van der Waals surface area contributed by atoms with E-state index in [4.69, 9.17) is 9.57 Å². The molecule has 0 fully saturated rings. The number of carbonyl (C=O) groups is 1. The number of thiazole rings is 1. The lowest BCUT2D eigenvalue weighted by atomic mass is 10.3. The molecule has 2 rings (SSSR count). The third-order valence-electron chi connectivity index (χ3n) is 2.18. The molecule has 1 heterocycles. The third kappa shape index (κ3) is 4.46. The van der Waals surface area contributed by atoms with Crippen LogP contribution < -0.4 is 5.48 Å². The fraction of sp³-hybridized carbons (Fsp3) is 0.333. The number of carbonyl (C=O) groups excluding carboxylic acids is 1. The molecule has 5 nitrogen and oxygen atoms in total. The van der Waals surface area contributed by atoms with Gasteiger partial charge in [-0.25, -0.2) is 10.5 Å². The summed E-state index contributed by atoms with van der Waals surface area (Å²) in [5.74, 6) is 0.104. The highest BCUT2D eigenvalue weighted by molar-refractivity contribution is 8.01. The second-order valence-corrected chi connectivity index (χ2v) is 5.86. The van der Waals surface area contributed by atoms with Gasteiger partial charge < -0.3 is 4.74 Å². The van der Waals surface area contributed by atoms with E-state index < -0.39 is 0 Å². The molecular weight excluding hydrogens is 284 g/mol. The normalized spacial score (nSPS) is 10.8. The van der Waals surface area contributed by atoms with Crippen molar-refractivity contribution in [1.29, 1.82) is 0 Å².